The lowest BCUT2D eigenvalue weighted by atomic mass is 9.85. The number of methoxy groups -OCH3 is 1. The van der Waals surface area contributed by atoms with Gasteiger partial charge in [-0.3, -0.25) is 9.59 Å². The first-order chi connectivity index (χ1) is 14.4. The molecule has 8 nitrogen and oxygen atoms in total. The van der Waals surface area contributed by atoms with Crippen LogP contribution in [0, 0.1) is 0 Å². The fourth-order valence-electron chi connectivity index (χ4n) is 4.17. The Hall–Kier alpha value is -2.77. The first kappa shape index (κ1) is 21.9. The van der Waals surface area contributed by atoms with Crippen LogP contribution in [0.3, 0.4) is 0 Å². The molecule has 8 heteroatoms. The second kappa shape index (κ2) is 9.82. The van der Waals surface area contributed by atoms with Crippen molar-refractivity contribution < 1.29 is 23.9 Å². The molecule has 0 saturated carbocycles. The van der Waals surface area contributed by atoms with Crippen molar-refractivity contribution in [2.75, 3.05) is 39.9 Å². The Balaban J connectivity index is 1.55. The Bertz CT molecular complexity index is 759. The van der Waals surface area contributed by atoms with Gasteiger partial charge in [-0.2, -0.15) is 0 Å². The van der Waals surface area contributed by atoms with Crippen LogP contribution < -0.4 is 10.1 Å². The first-order valence-corrected chi connectivity index (χ1v) is 10.6. The molecular weight excluding hydrogens is 386 g/mol. The van der Waals surface area contributed by atoms with Gasteiger partial charge in [-0.15, -0.1) is 0 Å². The number of benzene rings is 1. The quantitative estimate of drug-likeness (QED) is 0.733. The second-order valence-electron chi connectivity index (χ2n) is 7.92. The third kappa shape index (κ3) is 5.43. The van der Waals surface area contributed by atoms with Crippen LogP contribution in [0.1, 0.15) is 38.2 Å². The van der Waals surface area contributed by atoms with E-state index in [-0.39, 0.29) is 17.9 Å². The van der Waals surface area contributed by atoms with Crippen LogP contribution in [0.15, 0.2) is 24.3 Å². The molecule has 3 rings (SSSR count). The molecule has 0 spiro atoms. The number of amides is 3. The van der Waals surface area contributed by atoms with Crippen LogP contribution in [0.2, 0.25) is 0 Å². The third-order valence-electron chi connectivity index (χ3n) is 5.91. The maximum atomic E-state index is 12.8. The zero-order valence-corrected chi connectivity index (χ0v) is 17.8. The van der Waals surface area contributed by atoms with Crippen LogP contribution in [-0.2, 0) is 20.7 Å². The van der Waals surface area contributed by atoms with Gasteiger partial charge < -0.3 is 24.6 Å². The number of ether oxygens (including phenoxy) is 2. The average molecular weight is 418 g/mol. The summed E-state index contributed by atoms with van der Waals surface area (Å²) in [5, 5.41) is 3.13. The highest BCUT2D eigenvalue weighted by Gasteiger charge is 2.38. The molecule has 1 N–H and O–H groups in total. The Morgan fingerprint density at radius 1 is 1.10 bits per heavy atom. The highest BCUT2D eigenvalue weighted by molar-refractivity contribution is 5.80. The lowest BCUT2D eigenvalue weighted by Gasteiger charge is -2.35. The van der Waals surface area contributed by atoms with Gasteiger partial charge in [0.15, 0.2) is 0 Å². The summed E-state index contributed by atoms with van der Waals surface area (Å²) >= 11 is 0. The van der Waals surface area contributed by atoms with Crippen molar-refractivity contribution in [1.29, 1.82) is 0 Å². The number of nitrogens with zero attached hydrogens (tertiary/aromatic N) is 2. The molecule has 0 aliphatic carbocycles. The van der Waals surface area contributed by atoms with E-state index in [0.717, 1.165) is 17.7 Å². The predicted octanol–water partition coefficient (Wildman–Crippen LogP) is 1.97. The van der Waals surface area contributed by atoms with Crippen molar-refractivity contribution in [3.8, 4) is 5.75 Å². The summed E-state index contributed by atoms with van der Waals surface area (Å²) in [5.74, 6) is 0.896. The van der Waals surface area contributed by atoms with Crippen molar-refractivity contribution in [2.45, 2.75) is 44.6 Å². The number of carbonyl (C=O) groups excluding carboxylic acids is 3. The molecule has 1 atom stereocenters. The molecule has 3 amide bonds. The molecule has 0 radical (unpaired) electrons. The smallest absolute Gasteiger partial charge is 0.409 e. The Kier molecular flexibility index (Phi) is 7.18. The molecule has 2 saturated heterocycles. The van der Waals surface area contributed by atoms with E-state index in [1.807, 2.05) is 24.3 Å². The van der Waals surface area contributed by atoms with Gasteiger partial charge in [0, 0.05) is 44.6 Å². The molecule has 30 heavy (non-hydrogen) atoms. The average Bonchev–Trinajstić information content (AvgIpc) is 3.13. The minimum atomic E-state index is -0.395. The monoisotopic (exact) mass is 417 g/mol. The van der Waals surface area contributed by atoms with Crippen molar-refractivity contribution in [1.82, 2.24) is 15.1 Å². The van der Waals surface area contributed by atoms with E-state index < -0.39 is 5.54 Å². The number of piperazine rings is 1. The maximum Gasteiger partial charge on any atom is 0.409 e. The lowest BCUT2D eigenvalue weighted by Crippen LogP contribution is -2.51. The van der Waals surface area contributed by atoms with Gasteiger partial charge >= 0.3 is 6.09 Å². The van der Waals surface area contributed by atoms with E-state index in [4.69, 9.17) is 9.47 Å². The van der Waals surface area contributed by atoms with Gasteiger partial charge in [0.2, 0.25) is 11.8 Å². The summed E-state index contributed by atoms with van der Waals surface area (Å²) in [6.45, 7) is 4.11. The number of rotatable bonds is 7. The third-order valence-corrected chi connectivity index (χ3v) is 5.91. The second-order valence-corrected chi connectivity index (χ2v) is 7.92. The lowest BCUT2D eigenvalue weighted by molar-refractivity contribution is -0.133. The van der Waals surface area contributed by atoms with Gasteiger partial charge in [-0.1, -0.05) is 12.1 Å². The minimum absolute atomic E-state index is 0.0408. The van der Waals surface area contributed by atoms with E-state index in [9.17, 15) is 14.4 Å². The van der Waals surface area contributed by atoms with E-state index in [1.54, 1.807) is 23.8 Å². The van der Waals surface area contributed by atoms with E-state index in [0.29, 0.717) is 58.5 Å². The molecule has 2 fully saturated rings. The molecule has 2 aliphatic rings. The van der Waals surface area contributed by atoms with Crippen LogP contribution >= 0.6 is 0 Å². The van der Waals surface area contributed by atoms with Crippen LogP contribution in [0.25, 0.3) is 0 Å². The molecule has 0 bridgehead atoms. The summed E-state index contributed by atoms with van der Waals surface area (Å²) in [7, 11) is 1.63. The normalized spacial score (nSPS) is 21.3. The zero-order valence-electron chi connectivity index (χ0n) is 17.8. The maximum absolute atomic E-state index is 12.8. The SMILES string of the molecule is CCOC(=O)N1CCN(C(=O)CC[C@]2(Cc3ccc(OC)cc3)CCC(=O)N2)CC1. The van der Waals surface area contributed by atoms with Gasteiger partial charge in [0.1, 0.15) is 5.75 Å². The van der Waals surface area contributed by atoms with E-state index >= 15 is 0 Å². The van der Waals surface area contributed by atoms with Gasteiger partial charge in [0.05, 0.1) is 13.7 Å². The van der Waals surface area contributed by atoms with Crippen molar-refractivity contribution in [3.05, 3.63) is 29.8 Å². The molecule has 2 aliphatic heterocycles. The molecule has 2 heterocycles. The van der Waals surface area contributed by atoms with Crippen molar-refractivity contribution >= 4 is 17.9 Å². The standard InChI is InChI=1S/C22H31N3O5/c1-3-30-21(28)25-14-12-24(13-15-25)20(27)9-11-22(10-8-19(26)23-22)16-17-4-6-18(29-2)7-5-17/h4-7H,3,8-16H2,1-2H3,(H,23,26)/t22-/m0/s1. The summed E-state index contributed by atoms with van der Waals surface area (Å²) < 4.78 is 10.2. The Morgan fingerprint density at radius 3 is 2.33 bits per heavy atom. The first-order valence-electron chi connectivity index (χ1n) is 10.6. The molecular formula is C22H31N3O5. The molecule has 1 aromatic carbocycles. The summed E-state index contributed by atoms with van der Waals surface area (Å²) in [6.07, 6.45) is 2.55. The van der Waals surface area contributed by atoms with Crippen LogP contribution in [0.4, 0.5) is 4.79 Å². The number of nitrogens with one attached hydrogen (secondary N) is 1. The molecule has 0 unspecified atom stereocenters. The summed E-state index contributed by atoms with van der Waals surface area (Å²) in [5.41, 5.74) is 0.710. The van der Waals surface area contributed by atoms with Crippen molar-refractivity contribution in [3.63, 3.8) is 0 Å². The fraction of sp³-hybridized carbons (Fsp3) is 0.591. The molecule has 1 aromatic rings. The number of hydrogen-bond donors (Lipinski definition) is 1. The van der Waals surface area contributed by atoms with Gasteiger partial charge in [-0.05, 0) is 43.9 Å². The topological polar surface area (TPSA) is 88.2 Å². The van der Waals surface area contributed by atoms with Crippen LogP contribution in [0.5, 0.6) is 5.75 Å². The van der Waals surface area contributed by atoms with Crippen molar-refractivity contribution in [2.24, 2.45) is 0 Å². The molecule has 0 aromatic heterocycles. The highest BCUT2D eigenvalue weighted by atomic mass is 16.6. The van der Waals surface area contributed by atoms with Gasteiger partial charge in [0.25, 0.3) is 0 Å². The minimum Gasteiger partial charge on any atom is -0.497 e. The Labute approximate surface area is 177 Å². The number of carbonyl (C=O) groups is 3. The van der Waals surface area contributed by atoms with E-state index in [1.165, 1.54) is 0 Å². The van der Waals surface area contributed by atoms with Crippen LogP contribution in [-0.4, -0.2) is 73.1 Å². The summed E-state index contributed by atoms with van der Waals surface area (Å²) in [4.78, 5) is 40.0. The largest absolute Gasteiger partial charge is 0.497 e. The fourth-order valence-corrected chi connectivity index (χ4v) is 4.17. The van der Waals surface area contributed by atoms with Gasteiger partial charge in [-0.25, -0.2) is 4.79 Å². The zero-order chi connectivity index (χ0) is 21.6. The number of hydrogen-bond acceptors (Lipinski definition) is 5. The van der Waals surface area contributed by atoms with E-state index in [2.05, 4.69) is 5.32 Å². The molecule has 164 valence electrons. The highest BCUT2D eigenvalue weighted by Crippen LogP contribution is 2.30. The predicted molar refractivity (Wildman–Crippen MR) is 111 cm³/mol. The summed E-state index contributed by atoms with van der Waals surface area (Å²) in [6, 6.07) is 7.82. The Morgan fingerprint density at radius 2 is 1.77 bits per heavy atom.